The summed E-state index contributed by atoms with van der Waals surface area (Å²) < 4.78 is 14.1. The monoisotopic (exact) mass is 363 g/mol. The molecule has 0 aliphatic carbocycles. The van der Waals surface area contributed by atoms with E-state index in [1.54, 1.807) is 39.8 Å². The summed E-state index contributed by atoms with van der Waals surface area (Å²) in [6.07, 6.45) is 0.695. The van der Waals surface area contributed by atoms with Crippen LogP contribution in [0.4, 0.5) is 15.1 Å². The van der Waals surface area contributed by atoms with Crippen molar-refractivity contribution < 1.29 is 14.0 Å². The Balaban J connectivity index is 2.37. The van der Waals surface area contributed by atoms with Crippen molar-refractivity contribution in [2.75, 3.05) is 11.9 Å². The van der Waals surface area contributed by atoms with Crippen molar-refractivity contribution in [3.8, 4) is 0 Å². The van der Waals surface area contributed by atoms with Crippen LogP contribution < -0.4 is 16.4 Å². The third kappa shape index (κ3) is 4.64. The Morgan fingerprint density at radius 2 is 2.04 bits per heavy atom. The molecule has 0 bridgehead atoms. The quantitative estimate of drug-likeness (QED) is 0.686. The molecule has 7 heteroatoms. The van der Waals surface area contributed by atoms with E-state index < -0.39 is 11.4 Å². The van der Waals surface area contributed by atoms with E-state index in [2.05, 4.69) is 10.6 Å². The fourth-order valence-corrected chi connectivity index (χ4v) is 3.28. The predicted octanol–water partition coefficient (Wildman–Crippen LogP) is 3.53. The third-order valence-corrected chi connectivity index (χ3v) is 4.73. The highest BCUT2D eigenvalue weighted by molar-refractivity contribution is 7.18. The van der Waals surface area contributed by atoms with Gasteiger partial charge < -0.3 is 16.4 Å². The van der Waals surface area contributed by atoms with Crippen molar-refractivity contribution in [1.29, 1.82) is 0 Å². The van der Waals surface area contributed by atoms with Crippen LogP contribution >= 0.6 is 11.3 Å². The maximum atomic E-state index is 14.1. The highest BCUT2D eigenvalue weighted by Gasteiger charge is 2.23. The number of anilines is 2. The number of rotatable bonds is 6. The SMILES string of the molecule is Cc1ccc(Nc2sc(C=O)c(C)c2C(=O)NCC(C)(C)N)c(F)c1. The van der Waals surface area contributed by atoms with E-state index in [1.807, 2.05) is 0 Å². The standard InChI is InChI=1S/C18H22FN3O2S/c1-10-5-6-13(12(19)7-10)22-17-15(11(2)14(8-23)25-17)16(24)21-9-18(3,4)20/h5-8,22H,9,20H2,1-4H3,(H,21,24). The number of carbonyl (C=O) groups excluding carboxylic acids is 2. The number of hydrogen-bond acceptors (Lipinski definition) is 5. The number of aldehydes is 1. The van der Waals surface area contributed by atoms with Gasteiger partial charge in [0.2, 0.25) is 0 Å². The summed E-state index contributed by atoms with van der Waals surface area (Å²) >= 11 is 1.12. The number of halogens is 1. The summed E-state index contributed by atoms with van der Waals surface area (Å²) in [5, 5.41) is 6.12. The van der Waals surface area contributed by atoms with Gasteiger partial charge in [-0.2, -0.15) is 0 Å². The van der Waals surface area contributed by atoms with Gasteiger partial charge in [0.25, 0.3) is 5.91 Å². The van der Waals surface area contributed by atoms with Crippen LogP contribution in [-0.2, 0) is 0 Å². The second kappa shape index (κ2) is 7.33. The molecule has 0 aliphatic heterocycles. The summed E-state index contributed by atoms with van der Waals surface area (Å²) in [5.41, 5.74) is 7.26. The van der Waals surface area contributed by atoms with Crippen LogP contribution in [0.3, 0.4) is 0 Å². The minimum atomic E-state index is -0.566. The molecule has 0 fully saturated rings. The molecule has 1 heterocycles. The van der Waals surface area contributed by atoms with E-state index in [-0.39, 0.29) is 18.1 Å². The topological polar surface area (TPSA) is 84.2 Å². The fraction of sp³-hybridized carbons (Fsp3) is 0.333. The molecular weight excluding hydrogens is 341 g/mol. The van der Waals surface area contributed by atoms with Gasteiger partial charge in [0.05, 0.1) is 16.1 Å². The molecule has 1 amide bonds. The van der Waals surface area contributed by atoms with Crippen LogP contribution in [0.5, 0.6) is 0 Å². The largest absolute Gasteiger partial charge is 0.350 e. The number of amides is 1. The molecule has 1 aromatic carbocycles. The van der Waals surface area contributed by atoms with Crippen molar-refractivity contribution in [3.05, 3.63) is 45.6 Å². The lowest BCUT2D eigenvalue weighted by Gasteiger charge is -2.19. The Morgan fingerprint density at radius 1 is 1.36 bits per heavy atom. The van der Waals surface area contributed by atoms with Crippen LogP contribution in [0, 0.1) is 19.7 Å². The van der Waals surface area contributed by atoms with E-state index in [1.165, 1.54) is 6.07 Å². The van der Waals surface area contributed by atoms with Crippen LogP contribution in [0.25, 0.3) is 0 Å². The van der Waals surface area contributed by atoms with E-state index in [0.29, 0.717) is 27.3 Å². The van der Waals surface area contributed by atoms with Crippen molar-refractivity contribution in [3.63, 3.8) is 0 Å². The summed E-state index contributed by atoms with van der Waals surface area (Å²) in [6.45, 7) is 7.35. The number of hydrogen-bond donors (Lipinski definition) is 3. The van der Waals surface area contributed by atoms with Crippen LogP contribution in [0.2, 0.25) is 0 Å². The Bertz CT molecular complexity index is 809. The van der Waals surface area contributed by atoms with Crippen LogP contribution in [0.1, 0.15) is 45.0 Å². The van der Waals surface area contributed by atoms with Gasteiger partial charge in [-0.1, -0.05) is 6.07 Å². The lowest BCUT2D eigenvalue weighted by molar-refractivity contribution is 0.0946. The fourth-order valence-electron chi connectivity index (χ4n) is 2.25. The molecule has 0 saturated carbocycles. The Labute approximate surface area is 150 Å². The molecule has 0 saturated heterocycles. The molecule has 0 unspecified atom stereocenters. The van der Waals surface area contributed by atoms with Gasteiger partial charge in [0.1, 0.15) is 10.8 Å². The third-order valence-electron chi connectivity index (χ3n) is 3.60. The molecule has 0 spiro atoms. The average Bonchev–Trinajstić information content (AvgIpc) is 2.83. The zero-order valence-corrected chi connectivity index (χ0v) is 15.5. The van der Waals surface area contributed by atoms with Crippen molar-refractivity contribution >= 4 is 34.2 Å². The Hall–Kier alpha value is -2.25. The lowest BCUT2D eigenvalue weighted by atomic mass is 10.1. The van der Waals surface area contributed by atoms with Crippen LogP contribution in [0.15, 0.2) is 18.2 Å². The second-order valence-electron chi connectivity index (χ2n) is 6.69. The molecule has 2 rings (SSSR count). The van der Waals surface area contributed by atoms with Gasteiger partial charge in [-0.15, -0.1) is 11.3 Å². The molecule has 134 valence electrons. The Kier molecular flexibility index (Phi) is 5.59. The van der Waals surface area contributed by atoms with Gasteiger partial charge in [-0.05, 0) is 51.0 Å². The number of nitrogens with two attached hydrogens (primary N) is 1. The second-order valence-corrected chi connectivity index (χ2v) is 7.75. The number of carbonyl (C=O) groups is 2. The average molecular weight is 363 g/mol. The maximum Gasteiger partial charge on any atom is 0.254 e. The summed E-state index contributed by atoms with van der Waals surface area (Å²) in [5.74, 6) is -0.774. The van der Waals surface area contributed by atoms with E-state index in [4.69, 9.17) is 5.73 Å². The number of benzene rings is 1. The first-order valence-electron chi connectivity index (χ1n) is 7.81. The number of thiophene rings is 1. The lowest BCUT2D eigenvalue weighted by Crippen LogP contribution is -2.45. The Morgan fingerprint density at radius 3 is 2.60 bits per heavy atom. The van der Waals surface area contributed by atoms with E-state index in [9.17, 15) is 14.0 Å². The molecule has 2 aromatic rings. The minimum absolute atomic E-state index is 0.248. The molecule has 0 aliphatic rings. The van der Waals surface area contributed by atoms with Crippen molar-refractivity contribution in [2.45, 2.75) is 33.2 Å². The normalized spacial score (nSPS) is 11.3. The zero-order valence-electron chi connectivity index (χ0n) is 14.7. The molecule has 5 nitrogen and oxygen atoms in total. The number of aryl methyl sites for hydroxylation is 1. The molecule has 0 atom stereocenters. The smallest absolute Gasteiger partial charge is 0.254 e. The highest BCUT2D eigenvalue weighted by Crippen LogP contribution is 2.35. The summed E-state index contributed by atoms with van der Waals surface area (Å²) in [6, 6.07) is 4.77. The summed E-state index contributed by atoms with van der Waals surface area (Å²) in [7, 11) is 0. The van der Waals surface area contributed by atoms with Crippen molar-refractivity contribution in [1.82, 2.24) is 5.32 Å². The van der Waals surface area contributed by atoms with Gasteiger partial charge in [-0.25, -0.2) is 4.39 Å². The molecular formula is C18H22FN3O2S. The van der Waals surface area contributed by atoms with E-state index in [0.717, 1.165) is 16.9 Å². The van der Waals surface area contributed by atoms with Gasteiger partial charge >= 0.3 is 0 Å². The zero-order chi connectivity index (χ0) is 18.8. The molecule has 4 N–H and O–H groups in total. The minimum Gasteiger partial charge on any atom is -0.350 e. The molecule has 1 aromatic heterocycles. The van der Waals surface area contributed by atoms with Crippen LogP contribution in [-0.4, -0.2) is 24.3 Å². The van der Waals surface area contributed by atoms with E-state index >= 15 is 0 Å². The maximum absolute atomic E-state index is 14.1. The van der Waals surface area contributed by atoms with Gasteiger partial charge in [-0.3, -0.25) is 9.59 Å². The van der Waals surface area contributed by atoms with Gasteiger partial charge in [0.15, 0.2) is 6.29 Å². The van der Waals surface area contributed by atoms with Gasteiger partial charge in [0, 0.05) is 12.1 Å². The first-order chi connectivity index (χ1) is 11.6. The highest BCUT2D eigenvalue weighted by atomic mass is 32.1. The first kappa shape index (κ1) is 19.1. The summed E-state index contributed by atoms with van der Waals surface area (Å²) in [4.78, 5) is 24.3. The first-order valence-corrected chi connectivity index (χ1v) is 8.63. The molecule has 25 heavy (non-hydrogen) atoms. The molecule has 0 radical (unpaired) electrons. The predicted molar refractivity (Wildman–Crippen MR) is 99.5 cm³/mol. The number of nitrogens with one attached hydrogen (secondary N) is 2. The van der Waals surface area contributed by atoms with Crippen molar-refractivity contribution in [2.24, 2.45) is 5.73 Å².